The molecule has 1 fully saturated rings. The fourth-order valence-electron chi connectivity index (χ4n) is 2.12. The van der Waals surface area contributed by atoms with Crippen LogP contribution in [0.4, 0.5) is 0 Å². The largest absolute Gasteiger partial charge is 0.477 e. The first-order chi connectivity index (χ1) is 8.63. The number of rotatable bonds is 6. The maximum Gasteiger partial charge on any atom is 0.352 e. The van der Waals surface area contributed by atoms with Gasteiger partial charge in [0.05, 0.1) is 17.2 Å². The van der Waals surface area contributed by atoms with Crippen molar-refractivity contribution in [1.82, 2.24) is 10.2 Å². The summed E-state index contributed by atoms with van der Waals surface area (Å²) in [5.41, 5.74) is 0.128. The first-order valence-electron chi connectivity index (χ1n) is 6.29. The van der Waals surface area contributed by atoms with Crippen LogP contribution in [0.2, 0.25) is 0 Å². The number of nitrogens with one attached hydrogen (secondary N) is 1. The van der Waals surface area contributed by atoms with Crippen molar-refractivity contribution >= 4 is 23.6 Å². The molecule has 1 saturated heterocycles. The lowest BCUT2D eigenvalue weighted by molar-refractivity contribution is -0.146. The number of thioether (sulfide) groups is 1. The number of nitrogens with zero attached hydrogens (tertiary/aromatic N) is 1. The molecule has 1 amide bonds. The molecule has 2 heterocycles. The first kappa shape index (κ1) is 13.4. The van der Waals surface area contributed by atoms with Gasteiger partial charge in [0.25, 0.3) is 0 Å². The van der Waals surface area contributed by atoms with Crippen LogP contribution in [-0.4, -0.2) is 39.2 Å². The summed E-state index contributed by atoms with van der Waals surface area (Å²) in [6, 6.07) is 0. The van der Waals surface area contributed by atoms with Crippen molar-refractivity contribution in [3.05, 3.63) is 11.8 Å². The molecule has 18 heavy (non-hydrogen) atoms. The van der Waals surface area contributed by atoms with Gasteiger partial charge in [-0.15, -0.1) is 11.8 Å². The van der Waals surface area contributed by atoms with Crippen LogP contribution in [0.15, 0.2) is 11.8 Å². The zero-order chi connectivity index (χ0) is 13.1. The molecule has 0 radical (unpaired) electrons. The van der Waals surface area contributed by atoms with Crippen LogP contribution in [0.25, 0.3) is 0 Å². The average Bonchev–Trinajstić information content (AvgIpc) is 2.32. The van der Waals surface area contributed by atoms with Crippen LogP contribution in [0, 0.1) is 0 Å². The number of unbranched alkanes of at least 4 members (excludes halogenated alkanes) is 2. The van der Waals surface area contributed by atoms with Gasteiger partial charge in [0.1, 0.15) is 5.70 Å². The molecule has 0 aliphatic carbocycles. The lowest BCUT2D eigenvalue weighted by atomic mass is 10.1. The van der Waals surface area contributed by atoms with Crippen molar-refractivity contribution in [2.45, 2.75) is 43.4 Å². The Morgan fingerprint density at radius 3 is 3.00 bits per heavy atom. The van der Waals surface area contributed by atoms with Gasteiger partial charge in [0, 0.05) is 0 Å². The Hall–Kier alpha value is -1.01. The molecule has 6 heteroatoms. The van der Waals surface area contributed by atoms with Crippen LogP contribution in [0.1, 0.15) is 32.6 Å². The number of carbonyl (C=O) groups is 2. The van der Waals surface area contributed by atoms with Crippen LogP contribution in [0.3, 0.4) is 0 Å². The molecule has 2 atom stereocenters. The number of hydrogen-bond acceptors (Lipinski definition) is 4. The van der Waals surface area contributed by atoms with E-state index in [-0.39, 0.29) is 22.4 Å². The quantitative estimate of drug-likeness (QED) is 0.563. The predicted molar refractivity (Wildman–Crippen MR) is 69.9 cm³/mol. The minimum Gasteiger partial charge on any atom is -0.477 e. The Labute approximate surface area is 111 Å². The normalized spacial score (nSPS) is 26.4. The Morgan fingerprint density at radius 2 is 2.39 bits per heavy atom. The number of carboxylic acid groups (broad SMARTS) is 1. The van der Waals surface area contributed by atoms with E-state index in [1.807, 2.05) is 0 Å². The standard InChI is InChI=1S/C12H18N2O3S/c1-2-3-4-5-13-9-6-8(12(16)17)14-10(15)7-11(14)18-9/h6,9,11,13H,2-5,7H2,1H3,(H,16,17)/t9?,11-/m1/s1. The van der Waals surface area contributed by atoms with E-state index < -0.39 is 5.97 Å². The minimum absolute atomic E-state index is 0.00214. The van der Waals surface area contributed by atoms with E-state index in [0.717, 1.165) is 13.0 Å². The third-order valence-electron chi connectivity index (χ3n) is 3.12. The highest BCUT2D eigenvalue weighted by Gasteiger charge is 2.45. The summed E-state index contributed by atoms with van der Waals surface area (Å²) in [5.74, 6) is -1.11. The summed E-state index contributed by atoms with van der Waals surface area (Å²) >= 11 is 1.62. The lowest BCUT2D eigenvalue weighted by Crippen LogP contribution is -2.55. The number of amides is 1. The molecule has 0 aromatic rings. The average molecular weight is 270 g/mol. The second kappa shape index (κ2) is 5.75. The van der Waals surface area contributed by atoms with Crippen molar-refractivity contribution in [2.75, 3.05) is 6.54 Å². The topological polar surface area (TPSA) is 69.6 Å². The molecule has 100 valence electrons. The van der Waals surface area contributed by atoms with Crippen molar-refractivity contribution in [3.63, 3.8) is 0 Å². The highest BCUT2D eigenvalue weighted by Crippen LogP contribution is 2.39. The van der Waals surface area contributed by atoms with Gasteiger partial charge in [0.2, 0.25) is 5.91 Å². The van der Waals surface area contributed by atoms with Gasteiger partial charge in [0.15, 0.2) is 0 Å². The van der Waals surface area contributed by atoms with E-state index >= 15 is 0 Å². The number of fused-ring (bicyclic) bond motifs is 1. The van der Waals surface area contributed by atoms with Gasteiger partial charge in [-0.25, -0.2) is 4.79 Å². The van der Waals surface area contributed by atoms with Gasteiger partial charge < -0.3 is 10.4 Å². The first-order valence-corrected chi connectivity index (χ1v) is 7.23. The van der Waals surface area contributed by atoms with E-state index in [4.69, 9.17) is 5.11 Å². The molecule has 0 bridgehead atoms. The number of aliphatic carboxylic acids is 1. The fourth-order valence-corrected chi connectivity index (χ4v) is 3.47. The SMILES string of the molecule is CCCCCNC1C=C(C(=O)O)N2C(=O)C[C@H]2S1. The fraction of sp³-hybridized carbons (Fsp3) is 0.667. The van der Waals surface area contributed by atoms with Crippen molar-refractivity contribution in [3.8, 4) is 0 Å². The van der Waals surface area contributed by atoms with E-state index in [2.05, 4.69) is 12.2 Å². The summed E-state index contributed by atoms with van der Waals surface area (Å²) in [6.45, 7) is 3.03. The molecule has 2 aliphatic heterocycles. The van der Waals surface area contributed by atoms with Gasteiger partial charge in [-0.2, -0.15) is 0 Å². The summed E-state index contributed by atoms with van der Waals surface area (Å²) in [7, 11) is 0. The van der Waals surface area contributed by atoms with Crippen LogP contribution >= 0.6 is 11.8 Å². The molecule has 5 nitrogen and oxygen atoms in total. The third kappa shape index (κ3) is 2.70. The summed E-state index contributed by atoms with van der Waals surface area (Å²) in [5, 5.41) is 12.4. The molecule has 2 aliphatic rings. The summed E-state index contributed by atoms with van der Waals surface area (Å²) < 4.78 is 0. The van der Waals surface area contributed by atoms with E-state index in [0.29, 0.717) is 6.42 Å². The zero-order valence-corrected chi connectivity index (χ0v) is 11.2. The molecule has 1 unspecified atom stereocenters. The van der Waals surface area contributed by atoms with E-state index in [1.165, 1.54) is 17.7 Å². The van der Waals surface area contributed by atoms with E-state index in [9.17, 15) is 9.59 Å². The molecular formula is C12H18N2O3S. The summed E-state index contributed by atoms with van der Waals surface area (Å²) in [6.07, 6.45) is 5.53. The highest BCUT2D eigenvalue weighted by molar-refractivity contribution is 8.00. The monoisotopic (exact) mass is 270 g/mol. The molecule has 0 saturated carbocycles. The number of carboxylic acids is 1. The number of β-lactam (4-membered cyclic amide) rings is 1. The van der Waals surface area contributed by atoms with Crippen LogP contribution < -0.4 is 5.32 Å². The Morgan fingerprint density at radius 1 is 1.61 bits per heavy atom. The molecule has 0 aromatic carbocycles. The molecule has 0 spiro atoms. The van der Waals surface area contributed by atoms with Gasteiger partial charge >= 0.3 is 5.97 Å². The zero-order valence-electron chi connectivity index (χ0n) is 10.4. The summed E-state index contributed by atoms with van der Waals surface area (Å²) in [4.78, 5) is 23.9. The Bertz CT molecular complexity index is 384. The van der Waals surface area contributed by atoms with Crippen molar-refractivity contribution < 1.29 is 14.7 Å². The maximum absolute atomic E-state index is 11.4. The molecule has 0 aromatic heterocycles. The van der Waals surface area contributed by atoms with Crippen molar-refractivity contribution in [1.29, 1.82) is 0 Å². The van der Waals surface area contributed by atoms with Crippen LogP contribution in [-0.2, 0) is 9.59 Å². The number of hydrogen-bond donors (Lipinski definition) is 2. The predicted octanol–water partition coefficient (Wildman–Crippen LogP) is 1.37. The van der Waals surface area contributed by atoms with Crippen LogP contribution in [0.5, 0.6) is 0 Å². The molecule has 2 rings (SSSR count). The number of carbonyl (C=O) groups excluding carboxylic acids is 1. The molecular weight excluding hydrogens is 252 g/mol. The van der Waals surface area contributed by atoms with Crippen molar-refractivity contribution in [2.24, 2.45) is 0 Å². The third-order valence-corrected chi connectivity index (χ3v) is 4.41. The second-order valence-electron chi connectivity index (χ2n) is 4.50. The van der Waals surface area contributed by atoms with Gasteiger partial charge in [-0.3, -0.25) is 9.69 Å². The second-order valence-corrected chi connectivity index (χ2v) is 5.82. The van der Waals surface area contributed by atoms with Gasteiger partial charge in [-0.05, 0) is 19.0 Å². The Kier molecular flexibility index (Phi) is 4.29. The molecule has 2 N–H and O–H groups in total. The minimum atomic E-state index is -1.02. The highest BCUT2D eigenvalue weighted by atomic mass is 32.2. The lowest BCUT2D eigenvalue weighted by Gasteiger charge is -2.44. The van der Waals surface area contributed by atoms with E-state index in [1.54, 1.807) is 17.8 Å². The Balaban J connectivity index is 1.94. The maximum atomic E-state index is 11.4. The van der Waals surface area contributed by atoms with Gasteiger partial charge in [-0.1, -0.05) is 19.8 Å². The smallest absolute Gasteiger partial charge is 0.352 e.